The summed E-state index contributed by atoms with van der Waals surface area (Å²) in [4.78, 5) is 20.2. The first kappa shape index (κ1) is 11.3. The highest BCUT2D eigenvalue weighted by atomic mass is 32.1. The molecule has 1 fully saturated rings. The number of hydrogen-bond acceptors (Lipinski definition) is 4. The zero-order chi connectivity index (χ0) is 12.4. The summed E-state index contributed by atoms with van der Waals surface area (Å²) >= 11 is 1.70. The van der Waals surface area contributed by atoms with Crippen molar-refractivity contribution in [2.24, 2.45) is 0 Å². The molecule has 1 N–H and O–H groups in total. The molecule has 4 nitrogen and oxygen atoms in total. The Hall–Kier alpha value is -1.75. The first-order valence-corrected chi connectivity index (χ1v) is 6.83. The Labute approximate surface area is 109 Å². The molecule has 0 bridgehead atoms. The van der Waals surface area contributed by atoms with Gasteiger partial charge in [0.15, 0.2) is 0 Å². The summed E-state index contributed by atoms with van der Waals surface area (Å²) in [5.41, 5.74) is 1.58. The normalized spacial score (nSPS) is 14.4. The molecule has 1 amide bonds. The van der Waals surface area contributed by atoms with E-state index in [9.17, 15) is 4.79 Å². The molecule has 0 aromatic carbocycles. The SMILES string of the molecule is O=C(NCc1csc(C2CC2)n1)c1ccncc1. The molecule has 18 heavy (non-hydrogen) atoms. The molecule has 0 spiro atoms. The van der Waals surface area contributed by atoms with E-state index in [0.717, 1.165) is 5.69 Å². The van der Waals surface area contributed by atoms with E-state index in [-0.39, 0.29) is 5.91 Å². The van der Waals surface area contributed by atoms with Crippen molar-refractivity contribution in [2.45, 2.75) is 25.3 Å². The fraction of sp³-hybridized carbons (Fsp3) is 0.308. The fourth-order valence-corrected chi connectivity index (χ4v) is 2.69. The smallest absolute Gasteiger partial charge is 0.251 e. The van der Waals surface area contributed by atoms with Crippen molar-refractivity contribution in [1.82, 2.24) is 15.3 Å². The van der Waals surface area contributed by atoms with Crippen LogP contribution in [0.3, 0.4) is 0 Å². The molecule has 0 aliphatic heterocycles. The van der Waals surface area contributed by atoms with Crippen molar-refractivity contribution >= 4 is 17.2 Å². The number of rotatable bonds is 4. The van der Waals surface area contributed by atoms with E-state index in [4.69, 9.17) is 0 Å². The van der Waals surface area contributed by atoms with Crippen molar-refractivity contribution in [3.8, 4) is 0 Å². The summed E-state index contributed by atoms with van der Waals surface area (Å²) in [6, 6.07) is 3.40. The summed E-state index contributed by atoms with van der Waals surface area (Å²) in [6.45, 7) is 0.490. The largest absolute Gasteiger partial charge is 0.346 e. The molecule has 0 saturated heterocycles. The number of pyridine rings is 1. The van der Waals surface area contributed by atoms with Gasteiger partial charge in [0.05, 0.1) is 17.2 Å². The Morgan fingerprint density at radius 3 is 2.89 bits per heavy atom. The van der Waals surface area contributed by atoms with Gasteiger partial charge in [-0.1, -0.05) is 0 Å². The van der Waals surface area contributed by atoms with Crippen LogP contribution in [-0.2, 0) is 6.54 Å². The van der Waals surface area contributed by atoms with Gasteiger partial charge >= 0.3 is 0 Å². The molecule has 1 aliphatic rings. The zero-order valence-electron chi connectivity index (χ0n) is 9.80. The lowest BCUT2D eigenvalue weighted by Gasteiger charge is -2.02. The molecule has 1 aliphatic carbocycles. The third kappa shape index (κ3) is 2.56. The van der Waals surface area contributed by atoms with Crippen LogP contribution in [0.15, 0.2) is 29.9 Å². The number of aromatic nitrogens is 2. The van der Waals surface area contributed by atoms with Crippen LogP contribution >= 0.6 is 11.3 Å². The van der Waals surface area contributed by atoms with E-state index in [1.54, 1.807) is 35.9 Å². The third-order valence-corrected chi connectivity index (χ3v) is 3.92. The Kier molecular flexibility index (Phi) is 3.06. The molecular weight excluding hydrogens is 246 g/mol. The Morgan fingerprint density at radius 1 is 1.39 bits per heavy atom. The number of nitrogens with one attached hydrogen (secondary N) is 1. The van der Waals surface area contributed by atoms with Crippen LogP contribution in [0.25, 0.3) is 0 Å². The van der Waals surface area contributed by atoms with Gasteiger partial charge in [-0.2, -0.15) is 0 Å². The lowest BCUT2D eigenvalue weighted by Crippen LogP contribution is -2.22. The maximum absolute atomic E-state index is 11.8. The van der Waals surface area contributed by atoms with Crippen LogP contribution in [0.4, 0.5) is 0 Å². The maximum Gasteiger partial charge on any atom is 0.251 e. The van der Waals surface area contributed by atoms with Crippen LogP contribution in [0.1, 0.15) is 39.8 Å². The number of carbonyl (C=O) groups is 1. The minimum absolute atomic E-state index is 0.0848. The van der Waals surface area contributed by atoms with E-state index in [2.05, 4.69) is 15.3 Å². The van der Waals surface area contributed by atoms with Gasteiger partial charge in [-0.25, -0.2) is 4.98 Å². The lowest BCUT2D eigenvalue weighted by molar-refractivity contribution is 0.0950. The van der Waals surface area contributed by atoms with Crippen molar-refractivity contribution in [2.75, 3.05) is 0 Å². The van der Waals surface area contributed by atoms with Gasteiger partial charge in [0.25, 0.3) is 5.91 Å². The standard InChI is InChI=1S/C13H13N3OS/c17-12(9-3-5-14-6-4-9)15-7-11-8-18-13(16-11)10-1-2-10/h3-6,8,10H,1-2,7H2,(H,15,17). The monoisotopic (exact) mass is 259 g/mol. The Bertz CT molecular complexity index is 548. The Morgan fingerprint density at radius 2 is 2.17 bits per heavy atom. The first-order chi connectivity index (χ1) is 8.83. The molecule has 2 aromatic rings. The van der Waals surface area contributed by atoms with Crippen molar-refractivity contribution in [1.29, 1.82) is 0 Å². The summed E-state index contributed by atoms with van der Waals surface area (Å²) in [5, 5.41) is 6.10. The van der Waals surface area contributed by atoms with E-state index in [1.807, 2.05) is 5.38 Å². The summed E-state index contributed by atoms with van der Waals surface area (Å²) < 4.78 is 0. The topological polar surface area (TPSA) is 54.9 Å². The third-order valence-electron chi connectivity index (χ3n) is 2.87. The predicted molar refractivity (Wildman–Crippen MR) is 69.5 cm³/mol. The minimum atomic E-state index is -0.0848. The highest BCUT2D eigenvalue weighted by Gasteiger charge is 2.26. The zero-order valence-corrected chi connectivity index (χ0v) is 10.6. The van der Waals surface area contributed by atoms with Crippen LogP contribution in [0.2, 0.25) is 0 Å². The van der Waals surface area contributed by atoms with Crippen molar-refractivity contribution in [3.63, 3.8) is 0 Å². The molecule has 0 radical (unpaired) electrons. The predicted octanol–water partition coefficient (Wildman–Crippen LogP) is 2.35. The molecular formula is C13H13N3OS. The lowest BCUT2D eigenvalue weighted by atomic mass is 10.2. The quantitative estimate of drug-likeness (QED) is 0.917. The number of nitrogens with zero attached hydrogens (tertiary/aromatic N) is 2. The molecule has 0 unspecified atom stereocenters. The summed E-state index contributed by atoms with van der Waals surface area (Å²) in [7, 11) is 0. The summed E-state index contributed by atoms with van der Waals surface area (Å²) in [5.74, 6) is 0.595. The number of thiazole rings is 1. The molecule has 0 atom stereocenters. The van der Waals surface area contributed by atoms with E-state index in [1.165, 1.54) is 17.8 Å². The molecule has 1 saturated carbocycles. The van der Waals surface area contributed by atoms with Crippen LogP contribution in [0.5, 0.6) is 0 Å². The second kappa shape index (κ2) is 4.86. The Balaban J connectivity index is 1.58. The highest BCUT2D eigenvalue weighted by Crippen LogP contribution is 2.41. The van der Waals surface area contributed by atoms with Crippen LogP contribution in [0, 0.1) is 0 Å². The van der Waals surface area contributed by atoms with Gasteiger partial charge in [0.1, 0.15) is 0 Å². The molecule has 3 rings (SSSR count). The second-order valence-corrected chi connectivity index (χ2v) is 5.26. The van der Waals surface area contributed by atoms with E-state index >= 15 is 0 Å². The summed E-state index contributed by atoms with van der Waals surface area (Å²) in [6.07, 6.45) is 5.75. The second-order valence-electron chi connectivity index (χ2n) is 4.37. The average molecular weight is 259 g/mol. The average Bonchev–Trinajstić information content (AvgIpc) is 3.16. The van der Waals surface area contributed by atoms with E-state index in [0.29, 0.717) is 18.0 Å². The van der Waals surface area contributed by atoms with E-state index < -0.39 is 0 Å². The van der Waals surface area contributed by atoms with Gasteiger partial charge in [0.2, 0.25) is 0 Å². The van der Waals surface area contributed by atoms with Crippen LogP contribution < -0.4 is 5.32 Å². The number of hydrogen-bond donors (Lipinski definition) is 1. The molecule has 92 valence electrons. The fourth-order valence-electron chi connectivity index (χ4n) is 1.70. The number of carbonyl (C=O) groups excluding carboxylic acids is 1. The molecule has 5 heteroatoms. The van der Waals surface area contributed by atoms with Crippen molar-refractivity contribution in [3.05, 3.63) is 46.2 Å². The maximum atomic E-state index is 11.8. The van der Waals surface area contributed by atoms with Gasteiger partial charge < -0.3 is 5.32 Å². The van der Waals surface area contributed by atoms with Crippen LogP contribution in [-0.4, -0.2) is 15.9 Å². The minimum Gasteiger partial charge on any atom is -0.346 e. The number of amides is 1. The van der Waals surface area contributed by atoms with Gasteiger partial charge in [-0.15, -0.1) is 11.3 Å². The molecule has 2 aromatic heterocycles. The molecule has 2 heterocycles. The van der Waals surface area contributed by atoms with Gasteiger partial charge in [-0.3, -0.25) is 9.78 Å². The van der Waals surface area contributed by atoms with Crippen molar-refractivity contribution < 1.29 is 4.79 Å². The first-order valence-electron chi connectivity index (χ1n) is 5.95. The van der Waals surface area contributed by atoms with Gasteiger partial charge in [-0.05, 0) is 25.0 Å². The highest BCUT2D eigenvalue weighted by molar-refractivity contribution is 7.09. The van der Waals surface area contributed by atoms with Gasteiger partial charge in [0, 0.05) is 29.3 Å².